The van der Waals surface area contributed by atoms with E-state index in [1.54, 1.807) is 0 Å². The molecule has 1 radical (unpaired) electrons. The molecule has 35 valence electrons. The van der Waals surface area contributed by atoms with Crippen LogP contribution in [0.15, 0.2) is 0 Å². The van der Waals surface area contributed by atoms with Crippen LogP contribution in [-0.4, -0.2) is 13.3 Å². The molecule has 0 spiro atoms. The Morgan fingerprint density at radius 1 is 1.67 bits per heavy atom. The normalized spacial score (nSPS) is 7.00. The summed E-state index contributed by atoms with van der Waals surface area (Å²) in [5.41, 5.74) is 0. The first kappa shape index (κ1) is 10.0. The molecule has 6 heavy (non-hydrogen) atoms. The third-order valence-corrected chi connectivity index (χ3v) is 0.179. The fourth-order valence-corrected chi connectivity index (χ4v) is 0.0386. The number of halogens is 1. The summed E-state index contributed by atoms with van der Waals surface area (Å²) in [5.74, 6) is 5.86. The van der Waals surface area contributed by atoms with Gasteiger partial charge >= 0.3 is 0 Å². The van der Waals surface area contributed by atoms with Crippen LogP contribution in [0.2, 0.25) is 0 Å². The van der Waals surface area contributed by atoms with Gasteiger partial charge in [0, 0.05) is 32.7 Å². The molecular weight excluding hydrogens is 161 g/mol. The molecule has 0 heterocycles. The molecule has 0 aliphatic heterocycles. The van der Waals surface area contributed by atoms with Crippen molar-refractivity contribution < 1.29 is 41.9 Å². The van der Waals surface area contributed by atoms with Gasteiger partial charge in [0.2, 0.25) is 0 Å². The minimum atomic E-state index is -0.566. The Kier molecular flexibility index (Phi) is 15.6. The first-order valence-electron chi connectivity index (χ1n) is 1.26. The summed E-state index contributed by atoms with van der Waals surface area (Å²) in [6.07, 6.45) is 0. The SMILES string of the molecule is [NH-]OCC[18F].[Y]. The second-order valence-electron chi connectivity index (χ2n) is 0.537. The van der Waals surface area contributed by atoms with Gasteiger partial charge in [-0.3, -0.25) is 0 Å². The van der Waals surface area contributed by atoms with Crippen molar-refractivity contribution >= 4 is 0 Å². The largest absolute Gasteiger partial charge is 0.549 e. The van der Waals surface area contributed by atoms with Gasteiger partial charge in [-0.2, -0.15) is 0 Å². The van der Waals surface area contributed by atoms with Gasteiger partial charge in [0.05, 0.1) is 6.61 Å². The average molecular weight is 166 g/mol. The van der Waals surface area contributed by atoms with Crippen molar-refractivity contribution in [3.63, 3.8) is 0 Å². The fourth-order valence-electron chi connectivity index (χ4n) is 0.0386. The van der Waals surface area contributed by atoms with Gasteiger partial charge in [0.15, 0.2) is 0 Å². The van der Waals surface area contributed by atoms with Crippen LogP contribution < -0.4 is 0 Å². The Bertz CT molecular complexity index is 21.0. The first-order chi connectivity index (χ1) is 2.41. The Hall–Kier alpha value is 0.954. The maximum absolute atomic E-state index is 10.7. The zero-order chi connectivity index (χ0) is 4.12. The zero-order valence-electron chi connectivity index (χ0n) is 3.28. The quantitative estimate of drug-likeness (QED) is 0.561. The van der Waals surface area contributed by atoms with Gasteiger partial charge in [0.25, 0.3) is 0 Å². The molecule has 4 heteroatoms. The minimum absolute atomic E-state index is 0. The molecule has 0 fully saturated rings. The van der Waals surface area contributed by atoms with Gasteiger partial charge in [-0.1, -0.05) is 0 Å². The van der Waals surface area contributed by atoms with Crippen molar-refractivity contribution in [2.75, 3.05) is 13.3 Å². The van der Waals surface area contributed by atoms with Crippen LogP contribution in [-0.2, 0) is 37.5 Å². The van der Waals surface area contributed by atoms with Gasteiger partial charge in [-0.05, 0) is 0 Å². The van der Waals surface area contributed by atoms with E-state index in [4.69, 9.17) is 5.90 Å². The summed E-state index contributed by atoms with van der Waals surface area (Å²) in [6.45, 7) is -0.677. The van der Waals surface area contributed by atoms with E-state index < -0.39 is 6.67 Å². The monoisotopic (exact) mass is 166 g/mol. The summed E-state index contributed by atoms with van der Waals surface area (Å²) in [6, 6.07) is 0. The van der Waals surface area contributed by atoms with E-state index in [-0.39, 0.29) is 39.3 Å². The summed E-state index contributed by atoms with van der Waals surface area (Å²) in [4.78, 5) is 3.57. The van der Waals surface area contributed by atoms with Crippen molar-refractivity contribution in [3.05, 3.63) is 5.90 Å². The molecule has 0 rings (SSSR count). The van der Waals surface area contributed by atoms with E-state index >= 15 is 0 Å². The van der Waals surface area contributed by atoms with Crippen LogP contribution in [0.25, 0.3) is 5.90 Å². The van der Waals surface area contributed by atoms with Crippen LogP contribution in [0.1, 0.15) is 0 Å². The molecule has 0 aliphatic rings. The Morgan fingerprint density at radius 2 is 2.17 bits per heavy atom. The predicted molar refractivity (Wildman–Crippen MR) is 16.2 cm³/mol. The van der Waals surface area contributed by atoms with Crippen LogP contribution in [0.5, 0.6) is 0 Å². The molecule has 0 atom stereocenters. The Morgan fingerprint density at radius 3 is 2.17 bits per heavy atom. The van der Waals surface area contributed by atoms with Gasteiger partial charge in [-0.25, -0.2) is 4.39 Å². The molecule has 0 aliphatic carbocycles. The molecule has 0 amide bonds. The van der Waals surface area contributed by atoms with E-state index in [0.717, 1.165) is 0 Å². The summed E-state index contributed by atoms with van der Waals surface area (Å²) in [7, 11) is 0. The molecular formula is C2H5FNOY-. The molecule has 0 aromatic rings. The van der Waals surface area contributed by atoms with Gasteiger partial charge < -0.3 is 10.7 Å². The standard InChI is InChI=1S/C2H5FNO.Y/c3-1-2-5-4;/h4H,1-2H2;/q-1;/i3-1;. The third-order valence-electron chi connectivity index (χ3n) is 0.179. The zero-order valence-corrected chi connectivity index (χ0v) is 6.12. The van der Waals surface area contributed by atoms with E-state index in [9.17, 15) is 4.39 Å². The number of rotatable bonds is 2. The van der Waals surface area contributed by atoms with Crippen molar-refractivity contribution in [1.29, 1.82) is 0 Å². The summed E-state index contributed by atoms with van der Waals surface area (Å²) >= 11 is 0. The summed E-state index contributed by atoms with van der Waals surface area (Å²) in [5, 5.41) is 0. The predicted octanol–water partition coefficient (Wildman–Crippen LogP) is 0.937. The molecule has 0 saturated heterocycles. The smallest absolute Gasteiger partial charge is 0.111 e. The molecule has 2 nitrogen and oxygen atoms in total. The van der Waals surface area contributed by atoms with E-state index in [1.807, 2.05) is 0 Å². The fraction of sp³-hybridized carbons (Fsp3) is 1.00. The van der Waals surface area contributed by atoms with Gasteiger partial charge in [-0.15, -0.1) is 0 Å². The third kappa shape index (κ3) is 8.88. The van der Waals surface area contributed by atoms with E-state index in [1.165, 1.54) is 0 Å². The van der Waals surface area contributed by atoms with Crippen molar-refractivity contribution in [3.8, 4) is 0 Å². The number of alkyl halides is 1. The average Bonchev–Trinajstić information content (AvgIpc) is 1.41. The summed E-state index contributed by atoms with van der Waals surface area (Å²) < 4.78 is 10.7. The Balaban J connectivity index is 0. The van der Waals surface area contributed by atoms with Crippen LogP contribution >= 0.6 is 0 Å². The second kappa shape index (κ2) is 9.35. The molecule has 0 aromatic heterocycles. The maximum Gasteiger partial charge on any atom is 0.111 e. The van der Waals surface area contributed by atoms with E-state index in [0.29, 0.717) is 0 Å². The molecule has 0 saturated carbocycles. The molecule has 0 bridgehead atoms. The van der Waals surface area contributed by atoms with Crippen LogP contribution in [0.4, 0.5) is 4.39 Å². The molecule has 0 aromatic carbocycles. The maximum atomic E-state index is 10.7. The van der Waals surface area contributed by atoms with E-state index in [2.05, 4.69) is 4.84 Å². The Labute approximate surface area is 61.1 Å². The van der Waals surface area contributed by atoms with Gasteiger partial charge in [0.1, 0.15) is 6.67 Å². The van der Waals surface area contributed by atoms with Crippen LogP contribution in [0.3, 0.4) is 0 Å². The van der Waals surface area contributed by atoms with Crippen molar-refractivity contribution in [2.24, 2.45) is 0 Å². The minimum Gasteiger partial charge on any atom is -0.549 e. The first-order valence-corrected chi connectivity index (χ1v) is 1.26. The molecule has 1 N–H and O–H groups in total. The number of hydrogen-bond donors (Lipinski definition) is 0. The van der Waals surface area contributed by atoms with Crippen molar-refractivity contribution in [1.82, 2.24) is 0 Å². The molecule has 0 unspecified atom stereocenters. The van der Waals surface area contributed by atoms with Crippen molar-refractivity contribution in [2.45, 2.75) is 0 Å². The number of nitrogens with one attached hydrogen (secondary N) is 1. The second-order valence-corrected chi connectivity index (χ2v) is 0.537. The number of hydrogen-bond acceptors (Lipinski definition) is 1. The topological polar surface area (TPSA) is 33.0 Å². The van der Waals surface area contributed by atoms with Crippen LogP contribution in [0, 0.1) is 0 Å².